The molecule has 2 aromatic heterocycles. The van der Waals surface area contributed by atoms with Gasteiger partial charge in [-0.15, -0.1) is 0 Å². The highest BCUT2D eigenvalue weighted by atomic mass is 19.3. The van der Waals surface area contributed by atoms with E-state index >= 15 is 0 Å². The number of imidazole rings is 1. The molecule has 1 aliphatic rings. The third-order valence-electron chi connectivity index (χ3n) is 6.19. The monoisotopic (exact) mass is 480 g/mol. The van der Waals surface area contributed by atoms with Crippen LogP contribution >= 0.6 is 0 Å². The van der Waals surface area contributed by atoms with E-state index < -0.39 is 6.61 Å². The number of hydrogen-bond donors (Lipinski definition) is 1. The van der Waals surface area contributed by atoms with Crippen molar-refractivity contribution in [2.24, 2.45) is 0 Å². The van der Waals surface area contributed by atoms with Gasteiger partial charge in [0.1, 0.15) is 24.0 Å². The first-order valence-corrected chi connectivity index (χ1v) is 11.4. The van der Waals surface area contributed by atoms with Crippen molar-refractivity contribution in [3.63, 3.8) is 0 Å². The predicted octanol–water partition coefficient (Wildman–Crippen LogP) is 4.47. The molecule has 7 nitrogen and oxygen atoms in total. The number of hydrogen-bond acceptors (Lipinski definition) is 6. The summed E-state index contributed by atoms with van der Waals surface area (Å²) in [5, 5.41) is 9.79. The summed E-state index contributed by atoms with van der Waals surface area (Å²) in [4.78, 5) is 11.4. The Hall–Kier alpha value is -3.56. The van der Waals surface area contributed by atoms with Crippen molar-refractivity contribution in [3.05, 3.63) is 72.2 Å². The van der Waals surface area contributed by atoms with Crippen LogP contribution in [0, 0.1) is 0 Å². The number of pyridine rings is 1. The summed E-state index contributed by atoms with van der Waals surface area (Å²) in [5.41, 5.74) is 4.16. The van der Waals surface area contributed by atoms with E-state index in [1.807, 2.05) is 41.1 Å². The number of rotatable bonds is 8. The van der Waals surface area contributed by atoms with E-state index in [2.05, 4.69) is 9.88 Å². The Bertz CT molecular complexity index is 1310. The molecule has 0 radical (unpaired) electrons. The molecule has 1 aliphatic heterocycles. The molecule has 3 heterocycles. The number of alkyl halides is 2. The molecular weight excluding hydrogens is 454 g/mol. The molecule has 4 aromatic rings. The van der Waals surface area contributed by atoms with Crippen molar-refractivity contribution in [2.45, 2.75) is 32.3 Å². The van der Waals surface area contributed by atoms with Gasteiger partial charge in [-0.3, -0.25) is 0 Å². The summed E-state index contributed by atoms with van der Waals surface area (Å²) in [7, 11) is 1.59. The second-order valence-corrected chi connectivity index (χ2v) is 8.53. The van der Waals surface area contributed by atoms with E-state index in [1.165, 1.54) is 6.07 Å². The van der Waals surface area contributed by atoms with Gasteiger partial charge in [-0.1, -0.05) is 24.3 Å². The maximum atomic E-state index is 12.9. The van der Waals surface area contributed by atoms with Crippen molar-refractivity contribution in [1.82, 2.24) is 14.5 Å². The summed E-state index contributed by atoms with van der Waals surface area (Å²) < 4.78 is 37.9. The molecule has 1 atom stereocenters. The van der Waals surface area contributed by atoms with Gasteiger partial charge in [0.2, 0.25) is 0 Å². The van der Waals surface area contributed by atoms with Crippen LogP contribution in [-0.2, 0) is 17.9 Å². The topological polar surface area (TPSA) is 72.6 Å². The van der Waals surface area contributed by atoms with Crippen LogP contribution in [0.25, 0.3) is 22.2 Å². The number of para-hydroxylation sites is 1. The number of nitrogens with zero attached hydrogens (tertiary/aromatic N) is 4. The Morgan fingerprint density at radius 2 is 1.94 bits per heavy atom. The van der Waals surface area contributed by atoms with Crippen LogP contribution < -0.4 is 9.64 Å². The van der Waals surface area contributed by atoms with Gasteiger partial charge in [0.05, 0.1) is 23.7 Å². The molecule has 1 fully saturated rings. The van der Waals surface area contributed by atoms with Crippen molar-refractivity contribution in [2.75, 3.05) is 25.1 Å². The van der Waals surface area contributed by atoms with Gasteiger partial charge in [0.15, 0.2) is 0 Å². The minimum absolute atomic E-state index is 0.135. The Morgan fingerprint density at radius 1 is 1.11 bits per heavy atom. The highest BCUT2D eigenvalue weighted by Gasteiger charge is 2.21. The summed E-state index contributed by atoms with van der Waals surface area (Å²) in [6, 6.07) is 16.7. The fourth-order valence-corrected chi connectivity index (χ4v) is 4.48. The smallest absolute Gasteiger partial charge is 0.387 e. The zero-order chi connectivity index (χ0) is 24.4. The molecule has 0 unspecified atom stereocenters. The van der Waals surface area contributed by atoms with Crippen molar-refractivity contribution in [1.29, 1.82) is 0 Å². The third-order valence-corrected chi connectivity index (χ3v) is 6.19. The van der Waals surface area contributed by atoms with E-state index in [0.717, 1.165) is 40.9 Å². The summed E-state index contributed by atoms with van der Waals surface area (Å²) in [6.07, 6.45) is 2.26. The maximum Gasteiger partial charge on any atom is 0.387 e. The SMILES string of the molecule is COCc1nc2ccc(-c3ccc(N4CC[C@@H](O)C4)nc3)cc2n1Cc1ccccc1OC(F)F. The molecule has 0 saturated carbocycles. The van der Waals surface area contributed by atoms with Crippen molar-refractivity contribution < 1.29 is 23.4 Å². The molecule has 0 aliphatic carbocycles. The first-order chi connectivity index (χ1) is 17.0. The number of aromatic nitrogens is 3. The van der Waals surface area contributed by atoms with E-state index in [1.54, 1.807) is 25.3 Å². The second kappa shape index (κ2) is 9.97. The Balaban J connectivity index is 1.50. The lowest BCUT2D eigenvalue weighted by molar-refractivity contribution is -0.0504. The Morgan fingerprint density at radius 3 is 2.66 bits per heavy atom. The quantitative estimate of drug-likeness (QED) is 0.401. The molecule has 5 rings (SSSR count). The molecule has 1 N–H and O–H groups in total. The highest BCUT2D eigenvalue weighted by Crippen LogP contribution is 2.29. The molecule has 1 saturated heterocycles. The largest absolute Gasteiger partial charge is 0.434 e. The number of aliphatic hydroxyl groups is 1. The van der Waals surface area contributed by atoms with Crippen LogP contribution in [0.2, 0.25) is 0 Å². The van der Waals surface area contributed by atoms with Gasteiger partial charge < -0.3 is 24.0 Å². The summed E-state index contributed by atoms with van der Waals surface area (Å²) >= 11 is 0. The zero-order valence-corrected chi connectivity index (χ0v) is 19.3. The average Bonchev–Trinajstić information content (AvgIpc) is 3.43. The van der Waals surface area contributed by atoms with Gasteiger partial charge in [0, 0.05) is 37.5 Å². The van der Waals surface area contributed by atoms with Gasteiger partial charge in [-0.25, -0.2) is 9.97 Å². The first kappa shape index (κ1) is 23.2. The number of halogens is 2. The third kappa shape index (κ3) is 4.96. The second-order valence-electron chi connectivity index (χ2n) is 8.53. The minimum Gasteiger partial charge on any atom is -0.434 e. The summed E-state index contributed by atoms with van der Waals surface area (Å²) in [6.45, 7) is -0.940. The lowest BCUT2D eigenvalue weighted by Crippen LogP contribution is -2.21. The lowest BCUT2D eigenvalue weighted by Gasteiger charge is -2.16. The van der Waals surface area contributed by atoms with Crippen molar-refractivity contribution >= 4 is 16.9 Å². The Kier molecular flexibility index (Phi) is 6.61. The van der Waals surface area contributed by atoms with Crippen LogP contribution in [0.3, 0.4) is 0 Å². The van der Waals surface area contributed by atoms with Crippen LogP contribution in [0.1, 0.15) is 17.8 Å². The molecular formula is C26H26F2N4O3. The van der Waals surface area contributed by atoms with E-state index in [4.69, 9.17) is 14.5 Å². The minimum atomic E-state index is -2.90. The summed E-state index contributed by atoms with van der Waals surface area (Å²) in [5.74, 6) is 1.66. The first-order valence-electron chi connectivity index (χ1n) is 11.4. The molecule has 0 amide bonds. The fraction of sp³-hybridized carbons (Fsp3) is 0.308. The van der Waals surface area contributed by atoms with E-state index in [-0.39, 0.29) is 18.5 Å². The number of methoxy groups -OCH3 is 1. The number of ether oxygens (including phenoxy) is 2. The molecule has 0 bridgehead atoms. The molecule has 182 valence electrons. The van der Waals surface area contributed by atoms with Crippen molar-refractivity contribution in [3.8, 4) is 16.9 Å². The van der Waals surface area contributed by atoms with Gasteiger partial charge in [-0.2, -0.15) is 8.78 Å². The molecule has 2 aromatic carbocycles. The fourth-order valence-electron chi connectivity index (χ4n) is 4.48. The van der Waals surface area contributed by atoms with Gasteiger partial charge in [-0.05, 0) is 42.3 Å². The Labute approximate surface area is 201 Å². The van der Waals surface area contributed by atoms with Crippen LogP contribution in [0.5, 0.6) is 5.75 Å². The van der Waals surface area contributed by atoms with E-state index in [0.29, 0.717) is 24.5 Å². The number of benzene rings is 2. The highest BCUT2D eigenvalue weighted by molar-refractivity contribution is 5.83. The van der Waals surface area contributed by atoms with Crippen LogP contribution in [-0.4, -0.2) is 52.6 Å². The number of fused-ring (bicyclic) bond motifs is 1. The average molecular weight is 481 g/mol. The number of aliphatic hydroxyl groups excluding tert-OH is 1. The standard InChI is InChI=1S/C26H26F2N4O3/c1-34-16-25-30-21-8-6-17(18-7-9-24(29-13-18)31-11-10-20(33)15-31)12-22(21)32(25)14-19-4-2-3-5-23(19)35-26(27)28/h2-9,12-13,20,26,33H,10-11,14-16H2,1H3/t20-/m1/s1. The van der Waals surface area contributed by atoms with E-state index in [9.17, 15) is 13.9 Å². The van der Waals surface area contributed by atoms with Crippen LogP contribution in [0.15, 0.2) is 60.8 Å². The maximum absolute atomic E-state index is 12.9. The predicted molar refractivity (Wildman–Crippen MR) is 129 cm³/mol. The van der Waals surface area contributed by atoms with Crippen LogP contribution in [0.4, 0.5) is 14.6 Å². The normalized spacial score (nSPS) is 15.9. The molecule has 9 heteroatoms. The molecule has 35 heavy (non-hydrogen) atoms. The van der Waals surface area contributed by atoms with Gasteiger partial charge >= 0.3 is 6.61 Å². The molecule has 0 spiro atoms. The van der Waals surface area contributed by atoms with Gasteiger partial charge in [0.25, 0.3) is 0 Å². The zero-order valence-electron chi connectivity index (χ0n) is 19.3. The number of anilines is 1. The lowest BCUT2D eigenvalue weighted by atomic mass is 10.1. The number of β-amino-alcohol motifs (C(OH)–C–C–N with tert-alkyl or cyclic N) is 1.